The lowest BCUT2D eigenvalue weighted by atomic mass is 10.2. The van der Waals surface area contributed by atoms with E-state index in [1.807, 2.05) is 35.2 Å². The van der Waals surface area contributed by atoms with Crippen LogP contribution < -0.4 is 19.7 Å². The summed E-state index contributed by atoms with van der Waals surface area (Å²) in [4.78, 5) is 34.8. The molecule has 0 radical (unpaired) electrons. The van der Waals surface area contributed by atoms with Crippen LogP contribution >= 0.6 is 0 Å². The number of hydrogen-bond donors (Lipinski definition) is 1. The molecule has 9 nitrogen and oxygen atoms in total. The monoisotopic (exact) mass is 393 g/mol. The summed E-state index contributed by atoms with van der Waals surface area (Å²) in [5.41, 5.74) is 1.29. The lowest BCUT2D eigenvalue weighted by molar-refractivity contribution is -0.126. The SMILES string of the molecule is COc1cnc2c(c1)NC(=O)CN2C(=O)C(C)Oc1ccc(-n2cccc2)cn1. The minimum absolute atomic E-state index is 0.140. The number of nitrogens with one attached hydrogen (secondary N) is 1. The second-order valence-electron chi connectivity index (χ2n) is 6.42. The highest BCUT2D eigenvalue weighted by Gasteiger charge is 2.32. The number of fused-ring (bicyclic) bond motifs is 1. The number of carbonyl (C=O) groups excluding carboxylic acids is 2. The Kier molecular flexibility index (Phi) is 4.86. The maximum absolute atomic E-state index is 12.9. The van der Waals surface area contributed by atoms with Crippen molar-refractivity contribution in [2.75, 3.05) is 23.9 Å². The van der Waals surface area contributed by atoms with Crippen molar-refractivity contribution in [1.82, 2.24) is 14.5 Å². The molecule has 0 bridgehead atoms. The zero-order chi connectivity index (χ0) is 20.4. The molecule has 0 saturated heterocycles. The largest absolute Gasteiger partial charge is 0.495 e. The van der Waals surface area contributed by atoms with Crippen molar-refractivity contribution >= 4 is 23.3 Å². The number of aromatic nitrogens is 3. The van der Waals surface area contributed by atoms with E-state index in [4.69, 9.17) is 9.47 Å². The van der Waals surface area contributed by atoms with Gasteiger partial charge in [-0.25, -0.2) is 9.97 Å². The molecule has 4 heterocycles. The van der Waals surface area contributed by atoms with E-state index in [0.29, 0.717) is 23.1 Å². The van der Waals surface area contributed by atoms with Crippen molar-refractivity contribution in [3.05, 3.63) is 55.1 Å². The third-order valence-electron chi connectivity index (χ3n) is 4.44. The van der Waals surface area contributed by atoms with Gasteiger partial charge < -0.3 is 19.4 Å². The lowest BCUT2D eigenvalue weighted by Gasteiger charge is -2.30. The van der Waals surface area contributed by atoms with Crippen LogP contribution in [0, 0.1) is 0 Å². The lowest BCUT2D eigenvalue weighted by Crippen LogP contribution is -2.47. The summed E-state index contributed by atoms with van der Waals surface area (Å²) < 4.78 is 12.7. The summed E-state index contributed by atoms with van der Waals surface area (Å²) >= 11 is 0. The first-order chi connectivity index (χ1) is 14.0. The van der Waals surface area contributed by atoms with E-state index in [2.05, 4.69) is 15.3 Å². The average Bonchev–Trinajstić information content (AvgIpc) is 3.27. The summed E-state index contributed by atoms with van der Waals surface area (Å²) in [5.74, 6) is 0.430. The van der Waals surface area contributed by atoms with Crippen molar-refractivity contribution in [2.24, 2.45) is 0 Å². The maximum Gasteiger partial charge on any atom is 0.269 e. The molecule has 4 rings (SSSR count). The molecular formula is C20H19N5O4. The molecule has 0 saturated carbocycles. The molecule has 0 aromatic carbocycles. The Labute approximate surface area is 166 Å². The van der Waals surface area contributed by atoms with E-state index < -0.39 is 12.0 Å². The van der Waals surface area contributed by atoms with Crippen molar-refractivity contribution in [2.45, 2.75) is 13.0 Å². The van der Waals surface area contributed by atoms with Gasteiger partial charge in [0, 0.05) is 24.5 Å². The topological polar surface area (TPSA) is 98.6 Å². The van der Waals surface area contributed by atoms with Crippen molar-refractivity contribution in [1.29, 1.82) is 0 Å². The highest BCUT2D eigenvalue weighted by atomic mass is 16.5. The summed E-state index contributed by atoms with van der Waals surface area (Å²) in [6, 6.07) is 8.99. The fourth-order valence-electron chi connectivity index (χ4n) is 3.00. The fourth-order valence-corrected chi connectivity index (χ4v) is 3.00. The van der Waals surface area contributed by atoms with E-state index in [1.54, 1.807) is 25.3 Å². The molecule has 3 aromatic rings. The molecular weight excluding hydrogens is 374 g/mol. The van der Waals surface area contributed by atoms with E-state index in [9.17, 15) is 9.59 Å². The molecule has 1 N–H and O–H groups in total. The summed E-state index contributed by atoms with van der Waals surface area (Å²) in [6.07, 6.45) is 6.10. The van der Waals surface area contributed by atoms with E-state index in [0.717, 1.165) is 5.69 Å². The minimum Gasteiger partial charge on any atom is -0.495 e. The van der Waals surface area contributed by atoms with Gasteiger partial charge in [0.25, 0.3) is 5.91 Å². The van der Waals surface area contributed by atoms with Crippen molar-refractivity contribution in [3.8, 4) is 17.3 Å². The Bertz CT molecular complexity index is 1030. The molecule has 148 valence electrons. The number of pyridine rings is 2. The van der Waals surface area contributed by atoms with Crippen LogP contribution in [0.25, 0.3) is 5.69 Å². The first-order valence-corrected chi connectivity index (χ1v) is 8.96. The predicted molar refractivity (Wildman–Crippen MR) is 105 cm³/mol. The Morgan fingerprint density at radius 2 is 2.00 bits per heavy atom. The Morgan fingerprint density at radius 1 is 1.21 bits per heavy atom. The number of carbonyl (C=O) groups is 2. The summed E-state index contributed by atoms with van der Waals surface area (Å²) in [5, 5.41) is 2.70. The van der Waals surface area contributed by atoms with Gasteiger partial charge in [-0.3, -0.25) is 14.5 Å². The molecule has 0 spiro atoms. The van der Waals surface area contributed by atoms with E-state index in [-0.39, 0.29) is 12.5 Å². The van der Waals surface area contributed by atoms with Crippen molar-refractivity contribution in [3.63, 3.8) is 0 Å². The Balaban J connectivity index is 1.50. The molecule has 9 heteroatoms. The molecule has 3 aromatic heterocycles. The molecule has 1 aliphatic rings. The highest BCUT2D eigenvalue weighted by Crippen LogP contribution is 2.31. The van der Waals surface area contributed by atoms with Crippen LogP contribution in [0.3, 0.4) is 0 Å². The molecule has 1 aliphatic heterocycles. The van der Waals surface area contributed by atoms with Crippen LogP contribution in [-0.2, 0) is 9.59 Å². The number of anilines is 2. The maximum atomic E-state index is 12.9. The van der Waals surface area contributed by atoms with Gasteiger partial charge in [0.2, 0.25) is 11.8 Å². The number of methoxy groups -OCH3 is 1. The number of hydrogen-bond acceptors (Lipinski definition) is 6. The van der Waals surface area contributed by atoms with Crippen molar-refractivity contribution < 1.29 is 19.1 Å². The van der Waals surface area contributed by atoms with Gasteiger partial charge in [-0.2, -0.15) is 0 Å². The molecule has 0 fully saturated rings. The number of amides is 2. The number of ether oxygens (including phenoxy) is 2. The van der Waals surface area contributed by atoms with Crippen LogP contribution in [0.2, 0.25) is 0 Å². The zero-order valence-corrected chi connectivity index (χ0v) is 15.9. The molecule has 2 amide bonds. The van der Waals surface area contributed by atoms with Crippen LogP contribution in [0.1, 0.15) is 6.92 Å². The van der Waals surface area contributed by atoms with Gasteiger partial charge in [-0.05, 0) is 25.1 Å². The predicted octanol–water partition coefficient (Wildman–Crippen LogP) is 2.03. The number of nitrogens with zero attached hydrogens (tertiary/aromatic N) is 4. The fraction of sp³-hybridized carbons (Fsp3) is 0.200. The zero-order valence-electron chi connectivity index (χ0n) is 15.9. The van der Waals surface area contributed by atoms with E-state index in [1.165, 1.54) is 18.2 Å². The van der Waals surface area contributed by atoms with Gasteiger partial charge in [0.05, 0.1) is 30.9 Å². The van der Waals surface area contributed by atoms with Gasteiger partial charge >= 0.3 is 0 Å². The van der Waals surface area contributed by atoms with Crippen LogP contribution in [0.15, 0.2) is 55.1 Å². The third-order valence-corrected chi connectivity index (χ3v) is 4.44. The quantitative estimate of drug-likeness (QED) is 0.712. The Morgan fingerprint density at radius 3 is 2.69 bits per heavy atom. The van der Waals surface area contributed by atoms with Crippen LogP contribution in [0.5, 0.6) is 11.6 Å². The molecule has 0 aliphatic carbocycles. The first kappa shape index (κ1) is 18.5. The van der Waals surface area contributed by atoms with Gasteiger partial charge in [0.15, 0.2) is 11.9 Å². The van der Waals surface area contributed by atoms with Gasteiger partial charge in [0.1, 0.15) is 12.3 Å². The second-order valence-corrected chi connectivity index (χ2v) is 6.42. The second kappa shape index (κ2) is 7.63. The normalized spacial score (nSPS) is 14.0. The number of rotatable bonds is 5. The molecule has 29 heavy (non-hydrogen) atoms. The summed E-state index contributed by atoms with van der Waals surface area (Å²) in [6.45, 7) is 1.47. The highest BCUT2D eigenvalue weighted by molar-refractivity contribution is 6.10. The summed E-state index contributed by atoms with van der Waals surface area (Å²) in [7, 11) is 1.50. The average molecular weight is 393 g/mol. The molecule has 1 atom stereocenters. The van der Waals surface area contributed by atoms with Gasteiger partial charge in [-0.1, -0.05) is 0 Å². The van der Waals surface area contributed by atoms with Crippen LogP contribution in [-0.4, -0.2) is 46.1 Å². The van der Waals surface area contributed by atoms with Crippen LogP contribution in [0.4, 0.5) is 11.5 Å². The Hall–Kier alpha value is -3.88. The van der Waals surface area contributed by atoms with E-state index >= 15 is 0 Å². The standard InChI is InChI=1S/C20H19N5O4/c1-13(29-18-6-5-14(10-21-18)24-7-3-4-8-24)20(27)25-12-17(26)23-16-9-15(28-2)11-22-19(16)25/h3-11,13H,12H2,1-2H3,(H,23,26). The third kappa shape index (κ3) is 3.75. The first-order valence-electron chi connectivity index (χ1n) is 8.96. The smallest absolute Gasteiger partial charge is 0.269 e. The molecule has 1 unspecified atom stereocenters. The minimum atomic E-state index is -0.859. The van der Waals surface area contributed by atoms with Gasteiger partial charge in [-0.15, -0.1) is 0 Å².